The Balaban J connectivity index is 1.77. The third-order valence-corrected chi connectivity index (χ3v) is 3.86. The van der Waals surface area contributed by atoms with Gasteiger partial charge >= 0.3 is 6.03 Å². The van der Waals surface area contributed by atoms with E-state index in [2.05, 4.69) is 10.6 Å². The Hall–Kier alpha value is -3.02. The van der Waals surface area contributed by atoms with E-state index in [1.165, 1.54) is 6.92 Å². The minimum Gasteiger partial charge on any atom is -0.497 e. The van der Waals surface area contributed by atoms with Crippen LogP contribution in [0.15, 0.2) is 48.5 Å². The summed E-state index contributed by atoms with van der Waals surface area (Å²) in [5, 5.41) is 5.64. The third-order valence-electron chi connectivity index (χ3n) is 3.86. The first-order chi connectivity index (χ1) is 12.5. The van der Waals surface area contributed by atoms with Gasteiger partial charge in [0.25, 0.3) is 0 Å². The second kappa shape index (κ2) is 9.46. The summed E-state index contributed by atoms with van der Waals surface area (Å²) in [7, 11) is 3.38. The number of nitrogens with zero attached hydrogens (tertiary/aromatic N) is 1. The highest BCUT2D eigenvalue weighted by Crippen LogP contribution is 2.14. The van der Waals surface area contributed by atoms with Gasteiger partial charge in [0.05, 0.1) is 7.11 Å². The maximum absolute atomic E-state index is 12.2. The molecule has 138 valence electrons. The Morgan fingerprint density at radius 3 is 2.46 bits per heavy atom. The Labute approximate surface area is 154 Å². The van der Waals surface area contributed by atoms with Gasteiger partial charge in [-0.15, -0.1) is 0 Å². The second-order valence-corrected chi connectivity index (χ2v) is 6.07. The first-order valence-corrected chi connectivity index (χ1v) is 8.46. The number of benzene rings is 2. The van der Waals surface area contributed by atoms with E-state index < -0.39 is 0 Å². The van der Waals surface area contributed by atoms with E-state index in [1.54, 1.807) is 19.1 Å². The first-order valence-electron chi connectivity index (χ1n) is 8.46. The quantitative estimate of drug-likeness (QED) is 0.802. The van der Waals surface area contributed by atoms with Crippen molar-refractivity contribution in [1.82, 2.24) is 10.2 Å². The van der Waals surface area contributed by atoms with Crippen LogP contribution in [0.4, 0.5) is 10.5 Å². The lowest BCUT2D eigenvalue weighted by atomic mass is 10.1. The third kappa shape index (κ3) is 6.12. The normalized spacial score (nSPS) is 10.1. The van der Waals surface area contributed by atoms with Crippen LogP contribution in [0.25, 0.3) is 0 Å². The van der Waals surface area contributed by atoms with E-state index in [1.807, 2.05) is 48.5 Å². The van der Waals surface area contributed by atoms with Gasteiger partial charge in [0, 0.05) is 32.7 Å². The summed E-state index contributed by atoms with van der Waals surface area (Å²) in [6.07, 6.45) is 0.721. The maximum Gasteiger partial charge on any atom is 0.317 e. The van der Waals surface area contributed by atoms with Crippen LogP contribution < -0.4 is 15.4 Å². The minimum atomic E-state index is -0.123. The van der Waals surface area contributed by atoms with Crippen LogP contribution >= 0.6 is 0 Å². The molecule has 2 N–H and O–H groups in total. The minimum absolute atomic E-state index is 0.0934. The molecular formula is C20H25N3O3. The predicted octanol–water partition coefficient (Wildman–Crippen LogP) is 3.04. The lowest BCUT2D eigenvalue weighted by Crippen LogP contribution is -2.37. The second-order valence-electron chi connectivity index (χ2n) is 6.07. The molecule has 6 nitrogen and oxygen atoms in total. The summed E-state index contributed by atoms with van der Waals surface area (Å²) in [4.78, 5) is 24.8. The van der Waals surface area contributed by atoms with Crippen molar-refractivity contribution in [2.75, 3.05) is 26.0 Å². The van der Waals surface area contributed by atoms with Crippen molar-refractivity contribution in [3.8, 4) is 5.75 Å². The molecule has 6 heteroatoms. The van der Waals surface area contributed by atoms with Crippen LogP contribution in [0.1, 0.15) is 18.1 Å². The van der Waals surface area contributed by atoms with Crippen molar-refractivity contribution in [1.29, 1.82) is 0 Å². The topological polar surface area (TPSA) is 70.7 Å². The van der Waals surface area contributed by atoms with Crippen molar-refractivity contribution in [2.24, 2.45) is 0 Å². The number of ether oxygens (including phenoxy) is 1. The van der Waals surface area contributed by atoms with Crippen LogP contribution in [0.5, 0.6) is 5.75 Å². The molecule has 0 saturated heterocycles. The molecule has 2 rings (SSSR count). The zero-order valence-electron chi connectivity index (χ0n) is 15.4. The molecule has 0 unspecified atom stereocenters. The highest BCUT2D eigenvalue weighted by Gasteiger charge is 2.09. The molecule has 0 fully saturated rings. The molecule has 0 aliphatic carbocycles. The van der Waals surface area contributed by atoms with Crippen LogP contribution in [-0.2, 0) is 17.8 Å². The highest BCUT2D eigenvalue weighted by atomic mass is 16.5. The maximum atomic E-state index is 12.2. The molecule has 3 amide bonds. The van der Waals surface area contributed by atoms with Gasteiger partial charge in [-0.25, -0.2) is 4.79 Å². The van der Waals surface area contributed by atoms with Crippen LogP contribution in [0.3, 0.4) is 0 Å². The first kappa shape index (κ1) is 19.3. The van der Waals surface area contributed by atoms with E-state index in [9.17, 15) is 9.59 Å². The summed E-state index contributed by atoms with van der Waals surface area (Å²) >= 11 is 0. The van der Waals surface area contributed by atoms with Gasteiger partial charge in [-0.2, -0.15) is 0 Å². The van der Waals surface area contributed by atoms with Crippen molar-refractivity contribution in [3.05, 3.63) is 59.7 Å². The Morgan fingerprint density at radius 1 is 1.08 bits per heavy atom. The number of carbonyl (C=O) groups is 2. The Kier molecular flexibility index (Phi) is 7.02. The molecule has 0 spiro atoms. The zero-order chi connectivity index (χ0) is 18.9. The summed E-state index contributed by atoms with van der Waals surface area (Å²) in [6, 6.07) is 15.1. The molecule has 2 aromatic carbocycles. The highest BCUT2D eigenvalue weighted by molar-refractivity contribution is 5.88. The van der Waals surface area contributed by atoms with Crippen molar-refractivity contribution >= 4 is 17.6 Å². The van der Waals surface area contributed by atoms with E-state index in [4.69, 9.17) is 4.74 Å². The molecule has 0 bridgehead atoms. The van der Waals surface area contributed by atoms with Crippen LogP contribution in [0.2, 0.25) is 0 Å². The van der Waals surface area contributed by atoms with Gasteiger partial charge in [-0.05, 0) is 41.8 Å². The van der Waals surface area contributed by atoms with Gasteiger partial charge in [0.15, 0.2) is 0 Å². The SMILES string of the molecule is COc1cccc(CN(C)C(=O)NCCc2ccc(NC(C)=O)cc2)c1. The van der Waals surface area contributed by atoms with E-state index in [0.29, 0.717) is 13.1 Å². The standard InChI is InChI=1S/C20H25N3O3/c1-15(24)22-18-9-7-16(8-10-18)11-12-21-20(25)23(2)14-17-5-4-6-19(13-17)26-3/h4-10,13H,11-12,14H2,1-3H3,(H,21,25)(H,22,24). The fourth-order valence-electron chi connectivity index (χ4n) is 2.52. The molecular weight excluding hydrogens is 330 g/mol. The molecule has 0 radical (unpaired) electrons. The summed E-state index contributed by atoms with van der Waals surface area (Å²) in [6.45, 7) is 2.53. The van der Waals surface area contributed by atoms with E-state index in [-0.39, 0.29) is 11.9 Å². The summed E-state index contributed by atoms with van der Waals surface area (Å²) < 4.78 is 5.20. The number of anilines is 1. The number of amides is 3. The average Bonchev–Trinajstić information content (AvgIpc) is 2.62. The average molecular weight is 355 g/mol. The molecule has 0 heterocycles. The molecule has 0 aliphatic rings. The number of urea groups is 1. The Morgan fingerprint density at radius 2 is 1.81 bits per heavy atom. The fourth-order valence-corrected chi connectivity index (χ4v) is 2.52. The predicted molar refractivity (Wildman–Crippen MR) is 102 cm³/mol. The van der Waals surface area contributed by atoms with Crippen molar-refractivity contribution in [3.63, 3.8) is 0 Å². The molecule has 2 aromatic rings. The van der Waals surface area contributed by atoms with Gasteiger partial charge in [-0.1, -0.05) is 24.3 Å². The van der Waals surface area contributed by atoms with E-state index >= 15 is 0 Å². The molecule has 0 atom stereocenters. The molecule has 0 aromatic heterocycles. The monoisotopic (exact) mass is 355 g/mol. The van der Waals surface area contributed by atoms with Gasteiger partial charge in [0.2, 0.25) is 5.91 Å². The van der Waals surface area contributed by atoms with Gasteiger partial charge in [-0.3, -0.25) is 4.79 Å². The number of methoxy groups -OCH3 is 1. The summed E-state index contributed by atoms with van der Waals surface area (Å²) in [5.41, 5.74) is 2.87. The number of hydrogen-bond donors (Lipinski definition) is 2. The van der Waals surface area contributed by atoms with Crippen LogP contribution in [-0.4, -0.2) is 37.5 Å². The zero-order valence-corrected chi connectivity index (χ0v) is 15.4. The number of nitrogens with one attached hydrogen (secondary N) is 2. The van der Waals surface area contributed by atoms with E-state index in [0.717, 1.165) is 29.0 Å². The lowest BCUT2D eigenvalue weighted by Gasteiger charge is -2.18. The largest absolute Gasteiger partial charge is 0.497 e. The van der Waals surface area contributed by atoms with Crippen molar-refractivity contribution < 1.29 is 14.3 Å². The lowest BCUT2D eigenvalue weighted by molar-refractivity contribution is -0.114. The molecule has 26 heavy (non-hydrogen) atoms. The summed E-state index contributed by atoms with van der Waals surface area (Å²) in [5.74, 6) is 0.683. The van der Waals surface area contributed by atoms with Crippen LogP contribution in [0, 0.1) is 0 Å². The number of hydrogen-bond acceptors (Lipinski definition) is 3. The smallest absolute Gasteiger partial charge is 0.317 e. The number of carbonyl (C=O) groups excluding carboxylic acids is 2. The molecule has 0 saturated carbocycles. The number of rotatable bonds is 7. The van der Waals surface area contributed by atoms with Crippen molar-refractivity contribution in [2.45, 2.75) is 19.9 Å². The van der Waals surface area contributed by atoms with Gasteiger partial charge < -0.3 is 20.3 Å². The molecule has 0 aliphatic heterocycles. The Bertz CT molecular complexity index is 744. The fraction of sp³-hybridized carbons (Fsp3) is 0.300. The van der Waals surface area contributed by atoms with Gasteiger partial charge in [0.1, 0.15) is 5.75 Å².